The molecule has 0 aliphatic carbocycles. The molecule has 0 fully saturated rings. The molecule has 3 heterocycles. The zero-order chi connectivity index (χ0) is 11.0. The molecule has 0 atom stereocenters. The maximum Gasteiger partial charge on any atom is 0.0798 e. The van der Waals surface area contributed by atoms with Gasteiger partial charge >= 0.3 is 0 Å². The summed E-state index contributed by atoms with van der Waals surface area (Å²) < 4.78 is 2.20. The third kappa shape index (κ3) is 1.79. The number of hydrogen-bond donors (Lipinski definition) is 0. The number of rotatable bonds is 2. The van der Waals surface area contributed by atoms with E-state index in [1.165, 1.54) is 16.3 Å². The van der Waals surface area contributed by atoms with Gasteiger partial charge in [0, 0.05) is 49.9 Å². The molecule has 3 rings (SSSR count). The van der Waals surface area contributed by atoms with Gasteiger partial charge in [-0.25, -0.2) is 4.98 Å². The summed E-state index contributed by atoms with van der Waals surface area (Å²) in [4.78, 5) is 8.33. The molecule has 3 nitrogen and oxygen atoms in total. The minimum atomic E-state index is 1.04. The van der Waals surface area contributed by atoms with Crippen LogP contribution in [0.1, 0.15) is 16.3 Å². The quantitative estimate of drug-likeness (QED) is 0.791. The Morgan fingerprint density at radius 3 is 3.25 bits per heavy atom. The van der Waals surface area contributed by atoms with Gasteiger partial charge in [-0.15, -0.1) is 11.3 Å². The molecule has 0 saturated carbocycles. The fourth-order valence-corrected chi connectivity index (χ4v) is 3.05. The SMILES string of the molecule is Cn1cccc1CN1CCc2ncsc2C1. The highest BCUT2D eigenvalue weighted by atomic mass is 32.1. The van der Waals surface area contributed by atoms with Crippen LogP contribution in [0.2, 0.25) is 0 Å². The van der Waals surface area contributed by atoms with E-state index in [1.54, 1.807) is 11.3 Å². The first-order valence-corrected chi connectivity index (χ1v) is 6.44. The predicted molar refractivity (Wildman–Crippen MR) is 65.3 cm³/mol. The van der Waals surface area contributed by atoms with E-state index >= 15 is 0 Å². The zero-order valence-corrected chi connectivity index (χ0v) is 10.2. The maximum atomic E-state index is 4.39. The van der Waals surface area contributed by atoms with Crippen LogP contribution in [0.25, 0.3) is 0 Å². The van der Waals surface area contributed by atoms with E-state index in [0.29, 0.717) is 0 Å². The minimum Gasteiger partial charge on any atom is -0.353 e. The lowest BCUT2D eigenvalue weighted by Crippen LogP contribution is -2.30. The van der Waals surface area contributed by atoms with Crippen molar-refractivity contribution in [2.45, 2.75) is 19.5 Å². The second-order valence-corrected chi connectivity index (χ2v) is 5.23. The van der Waals surface area contributed by atoms with Crippen LogP contribution in [-0.2, 0) is 26.6 Å². The van der Waals surface area contributed by atoms with Gasteiger partial charge in [0.15, 0.2) is 0 Å². The molecule has 1 aliphatic rings. The first-order chi connectivity index (χ1) is 7.83. The summed E-state index contributed by atoms with van der Waals surface area (Å²) in [5, 5.41) is 0. The Bertz CT molecular complexity index is 486. The highest BCUT2D eigenvalue weighted by Crippen LogP contribution is 2.22. The largest absolute Gasteiger partial charge is 0.353 e. The van der Waals surface area contributed by atoms with Crippen molar-refractivity contribution in [3.05, 3.63) is 40.1 Å². The van der Waals surface area contributed by atoms with Gasteiger partial charge in [-0.2, -0.15) is 0 Å². The molecule has 2 aromatic heterocycles. The third-order valence-electron chi connectivity index (χ3n) is 3.19. The van der Waals surface area contributed by atoms with Crippen molar-refractivity contribution in [2.24, 2.45) is 7.05 Å². The van der Waals surface area contributed by atoms with E-state index in [0.717, 1.165) is 26.1 Å². The van der Waals surface area contributed by atoms with E-state index in [1.807, 2.05) is 5.51 Å². The fourth-order valence-electron chi connectivity index (χ4n) is 2.20. The number of thiazole rings is 1. The van der Waals surface area contributed by atoms with Crippen LogP contribution >= 0.6 is 11.3 Å². The molecular weight excluding hydrogens is 218 g/mol. The molecule has 0 saturated heterocycles. The summed E-state index contributed by atoms with van der Waals surface area (Å²) in [6, 6.07) is 4.31. The Hall–Kier alpha value is -1.13. The standard InChI is InChI=1S/C12H15N3S/c1-14-5-2-3-10(14)7-15-6-4-11-12(8-15)16-9-13-11/h2-3,5,9H,4,6-8H2,1H3. The van der Waals surface area contributed by atoms with Gasteiger partial charge in [-0.05, 0) is 12.1 Å². The van der Waals surface area contributed by atoms with Crippen molar-refractivity contribution in [3.63, 3.8) is 0 Å². The molecule has 1 aliphatic heterocycles. The smallest absolute Gasteiger partial charge is 0.0798 e. The summed E-state index contributed by atoms with van der Waals surface area (Å²) in [5.74, 6) is 0. The average Bonchev–Trinajstić information content (AvgIpc) is 2.88. The van der Waals surface area contributed by atoms with E-state index in [9.17, 15) is 0 Å². The van der Waals surface area contributed by atoms with Crippen LogP contribution in [0.4, 0.5) is 0 Å². The Morgan fingerprint density at radius 2 is 2.44 bits per heavy atom. The van der Waals surface area contributed by atoms with E-state index < -0.39 is 0 Å². The topological polar surface area (TPSA) is 21.1 Å². The molecule has 0 radical (unpaired) electrons. The van der Waals surface area contributed by atoms with E-state index in [4.69, 9.17) is 0 Å². The van der Waals surface area contributed by atoms with Gasteiger partial charge in [-0.3, -0.25) is 4.90 Å². The van der Waals surface area contributed by atoms with Gasteiger partial charge in [0.05, 0.1) is 11.2 Å². The van der Waals surface area contributed by atoms with Gasteiger partial charge in [0.1, 0.15) is 0 Å². The monoisotopic (exact) mass is 233 g/mol. The number of aromatic nitrogens is 2. The molecular formula is C12H15N3S. The van der Waals surface area contributed by atoms with Crippen molar-refractivity contribution in [2.75, 3.05) is 6.54 Å². The number of nitrogens with zero attached hydrogens (tertiary/aromatic N) is 3. The summed E-state index contributed by atoms with van der Waals surface area (Å²) in [6.45, 7) is 3.23. The van der Waals surface area contributed by atoms with Gasteiger partial charge in [-0.1, -0.05) is 0 Å². The second-order valence-electron chi connectivity index (χ2n) is 4.29. The number of hydrogen-bond acceptors (Lipinski definition) is 3. The third-order valence-corrected chi connectivity index (χ3v) is 4.05. The summed E-state index contributed by atoms with van der Waals surface area (Å²) >= 11 is 1.79. The van der Waals surface area contributed by atoms with Gasteiger partial charge in [0.25, 0.3) is 0 Å². The second kappa shape index (κ2) is 4.03. The molecule has 0 spiro atoms. The van der Waals surface area contributed by atoms with Crippen molar-refractivity contribution < 1.29 is 0 Å². The molecule has 4 heteroatoms. The predicted octanol–water partition coefficient (Wildman–Crippen LogP) is 2.04. The van der Waals surface area contributed by atoms with Crippen LogP contribution in [0, 0.1) is 0 Å². The van der Waals surface area contributed by atoms with Crippen LogP contribution in [0.3, 0.4) is 0 Å². The van der Waals surface area contributed by atoms with E-state index in [2.05, 4.69) is 39.8 Å². The molecule has 84 valence electrons. The number of fused-ring (bicyclic) bond motifs is 1. The molecule has 2 aromatic rings. The van der Waals surface area contributed by atoms with Crippen molar-refractivity contribution in [3.8, 4) is 0 Å². The molecule has 0 amide bonds. The van der Waals surface area contributed by atoms with Gasteiger partial charge < -0.3 is 4.57 Å². The lowest BCUT2D eigenvalue weighted by molar-refractivity contribution is 0.242. The molecule has 0 N–H and O–H groups in total. The lowest BCUT2D eigenvalue weighted by atomic mass is 10.2. The molecule has 0 aromatic carbocycles. The highest BCUT2D eigenvalue weighted by Gasteiger charge is 2.18. The maximum absolute atomic E-state index is 4.39. The molecule has 0 unspecified atom stereocenters. The highest BCUT2D eigenvalue weighted by molar-refractivity contribution is 7.09. The van der Waals surface area contributed by atoms with Crippen molar-refractivity contribution in [1.29, 1.82) is 0 Å². The first-order valence-electron chi connectivity index (χ1n) is 5.57. The molecule has 16 heavy (non-hydrogen) atoms. The summed E-state index contributed by atoms with van der Waals surface area (Å²) in [7, 11) is 2.11. The van der Waals surface area contributed by atoms with E-state index in [-0.39, 0.29) is 0 Å². The van der Waals surface area contributed by atoms with Gasteiger partial charge in [0.2, 0.25) is 0 Å². The van der Waals surface area contributed by atoms with Crippen LogP contribution in [-0.4, -0.2) is 21.0 Å². The lowest BCUT2D eigenvalue weighted by Gasteiger charge is -2.25. The van der Waals surface area contributed by atoms with Crippen LogP contribution in [0.5, 0.6) is 0 Å². The Balaban J connectivity index is 1.73. The van der Waals surface area contributed by atoms with Crippen LogP contribution in [0.15, 0.2) is 23.8 Å². The summed E-state index contributed by atoms with van der Waals surface area (Å²) in [5.41, 5.74) is 4.66. The zero-order valence-electron chi connectivity index (χ0n) is 9.39. The average molecular weight is 233 g/mol. The Labute approximate surface area is 99.3 Å². The Morgan fingerprint density at radius 1 is 1.50 bits per heavy atom. The normalized spacial score (nSPS) is 16.3. The Kier molecular flexibility index (Phi) is 2.53. The number of aryl methyl sites for hydroxylation is 1. The first kappa shape index (κ1) is 10.1. The fraction of sp³-hybridized carbons (Fsp3) is 0.417. The minimum absolute atomic E-state index is 1.04. The van der Waals surface area contributed by atoms with Crippen molar-refractivity contribution >= 4 is 11.3 Å². The molecule has 0 bridgehead atoms. The van der Waals surface area contributed by atoms with Crippen molar-refractivity contribution in [1.82, 2.24) is 14.5 Å². The summed E-state index contributed by atoms with van der Waals surface area (Å²) in [6.07, 6.45) is 3.21. The van der Waals surface area contributed by atoms with Crippen LogP contribution < -0.4 is 0 Å².